The number of rotatable bonds is 5. The van der Waals surface area contributed by atoms with Crippen molar-refractivity contribution in [2.75, 3.05) is 0 Å². The van der Waals surface area contributed by atoms with Gasteiger partial charge in [0.15, 0.2) is 11.6 Å². The molecule has 0 unspecified atom stereocenters. The van der Waals surface area contributed by atoms with Gasteiger partial charge in [0.1, 0.15) is 11.2 Å². The van der Waals surface area contributed by atoms with Gasteiger partial charge in [-0.1, -0.05) is 140 Å². The Bertz CT molecular complexity index is 2800. The summed E-state index contributed by atoms with van der Waals surface area (Å²) in [4.78, 5) is 15.6. The summed E-state index contributed by atoms with van der Waals surface area (Å²) < 4.78 is 8.90. The summed E-state index contributed by atoms with van der Waals surface area (Å²) in [5.41, 5.74) is 9.87. The van der Waals surface area contributed by atoms with Crippen LogP contribution in [0.25, 0.3) is 94.7 Å². The first-order chi connectivity index (χ1) is 24.8. The van der Waals surface area contributed by atoms with Crippen molar-refractivity contribution in [2.24, 2.45) is 0 Å². The van der Waals surface area contributed by atoms with Crippen molar-refractivity contribution in [3.8, 4) is 51.0 Å². The van der Waals surface area contributed by atoms with E-state index in [1.54, 1.807) is 0 Å². The average molecular weight is 641 g/mol. The van der Waals surface area contributed by atoms with Crippen LogP contribution in [-0.2, 0) is 0 Å². The fourth-order valence-electron chi connectivity index (χ4n) is 7.18. The SMILES string of the molecule is c1ccc(-c2cc(-c3ccccc3)c3oc4cccc(-c5nc(-c6ccccc6)nc(-n6c7ccccc7c7ccccc76)n5)c4c3c2)cc1. The highest BCUT2D eigenvalue weighted by atomic mass is 16.3. The minimum Gasteiger partial charge on any atom is -0.455 e. The minimum absolute atomic E-state index is 0.561. The van der Waals surface area contributed by atoms with E-state index in [1.165, 1.54) is 0 Å². The Kier molecular flexibility index (Phi) is 6.42. The molecule has 0 saturated carbocycles. The molecule has 3 aromatic heterocycles. The molecule has 10 rings (SSSR count). The molecule has 5 nitrogen and oxygen atoms in total. The van der Waals surface area contributed by atoms with Crippen LogP contribution in [0.5, 0.6) is 0 Å². The summed E-state index contributed by atoms with van der Waals surface area (Å²) in [6.07, 6.45) is 0. The minimum atomic E-state index is 0.561. The maximum Gasteiger partial charge on any atom is 0.238 e. The van der Waals surface area contributed by atoms with E-state index in [0.29, 0.717) is 17.6 Å². The largest absolute Gasteiger partial charge is 0.455 e. The Morgan fingerprint density at radius 1 is 0.400 bits per heavy atom. The maximum atomic E-state index is 6.75. The second-order valence-corrected chi connectivity index (χ2v) is 12.4. The van der Waals surface area contributed by atoms with Gasteiger partial charge in [0.05, 0.1) is 11.0 Å². The van der Waals surface area contributed by atoms with Crippen molar-refractivity contribution in [1.82, 2.24) is 19.5 Å². The summed E-state index contributed by atoms with van der Waals surface area (Å²) >= 11 is 0. The van der Waals surface area contributed by atoms with E-state index in [2.05, 4.69) is 120 Å². The average Bonchev–Trinajstić information content (AvgIpc) is 3.74. The van der Waals surface area contributed by atoms with Gasteiger partial charge in [0, 0.05) is 38.2 Å². The molecule has 0 fully saturated rings. The Morgan fingerprint density at radius 3 is 1.66 bits per heavy atom. The molecule has 0 aliphatic rings. The third kappa shape index (κ3) is 4.52. The summed E-state index contributed by atoms with van der Waals surface area (Å²) in [5, 5.41) is 4.28. The Morgan fingerprint density at radius 2 is 0.980 bits per heavy atom. The Hall–Kier alpha value is -6.85. The fourth-order valence-corrected chi connectivity index (χ4v) is 7.18. The number of para-hydroxylation sites is 2. The first kappa shape index (κ1) is 28.2. The predicted octanol–water partition coefficient (Wildman–Crippen LogP) is 11.5. The standard InChI is InChI=1S/C45H28N4O/c1-4-15-29(16-5-1)32-27-36(30-17-6-2-7-18-30)42-37(28-32)41-35(23-14-26-40(41)50-42)44-46-43(31-19-8-3-9-20-31)47-45(48-44)49-38-24-12-10-21-33(38)34-22-11-13-25-39(34)49/h1-28H. The molecule has 0 aliphatic heterocycles. The smallest absolute Gasteiger partial charge is 0.238 e. The van der Waals surface area contributed by atoms with Gasteiger partial charge >= 0.3 is 0 Å². The van der Waals surface area contributed by atoms with Gasteiger partial charge in [-0.3, -0.25) is 4.57 Å². The summed E-state index contributed by atoms with van der Waals surface area (Å²) in [6.45, 7) is 0. The van der Waals surface area contributed by atoms with Crippen molar-refractivity contribution in [1.29, 1.82) is 0 Å². The number of fused-ring (bicyclic) bond motifs is 6. The third-order valence-corrected chi connectivity index (χ3v) is 9.47. The molecule has 3 heterocycles. The molecule has 50 heavy (non-hydrogen) atoms. The summed E-state index contributed by atoms with van der Waals surface area (Å²) in [5.74, 6) is 1.74. The van der Waals surface area contributed by atoms with Gasteiger partial charge in [-0.2, -0.15) is 9.97 Å². The van der Waals surface area contributed by atoms with Crippen molar-refractivity contribution < 1.29 is 4.42 Å². The molecule has 0 N–H and O–H groups in total. The maximum absolute atomic E-state index is 6.75. The molecule has 234 valence electrons. The van der Waals surface area contributed by atoms with Crippen LogP contribution in [0.15, 0.2) is 174 Å². The number of hydrogen-bond acceptors (Lipinski definition) is 4. The monoisotopic (exact) mass is 640 g/mol. The van der Waals surface area contributed by atoms with Crippen molar-refractivity contribution in [2.45, 2.75) is 0 Å². The van der Waals surface area contributed by atoms with Crippen LogP contribution in [0.1, 0.15) is 0 Å². The molecular formula is C45H28N4O. The van der Waals surface area contributed by atoms with Gasteiger partial charge < -0.3 is 4.42 Å². The molecular weight excluding hydrogens is 613 g/mol. The van der Waals surface area contributed by atoms with E-state index in [0.717, 1.165) is 77.1 Å². The summed E-state index contributed by atoms with van der Waals surface area (Å²) in [6, 6.07) is 58.5. The number of nitrogens with zero attached hydrogens (tertiary/aromatic N) is 4. The van der Waals surface area contributed by atoms with Crippen molar-refractivity contribution >= 4 is 43.7 Å². The van der Waals surface area contributed by atoms with Crippen LogP contribution in [0.4, 0.5) is 0 Å². The van der Waals surface area contributed by atoms with Gasteiger partial charge in [0.25, 0.3) is 0 Å². The van der Waals surface area contributed by atoms with Crippen molar-refractivity contribution in [3.05, 3.63) is 170 Å². The van der Waals surface area contributed by atoms with E-state index in [1.807, 2.05) is 54.6 Å². The molecule has 0 aliphatic carbocycles. The van der Waals surface area contributed by atoms with Gasteiger partial charge in [-0.15, -0.1) is 0 Å². The van der Waals surface area contributed by atoms with Crippen LogP contribution in [-0.4, -0.2) is 19.5 Å². The highest BCUT2D eigenvalue weighted by Gasteiger charge is 2.22. The van der Waals surface area contributed by atoms with Crippen LogP contribution in [0.2, 0.25) is 0 Å². The predicted molar refractivity (Wildman–Crippen MR) is 203 cm³/mol. The van der Waals surface area contributed by atoms with E-state index < -0.39 is 0 Å². The van der Waals surface area contributed by atoms with E-state index >= 15 is 0 Å². The Balaban J connectivity index is 1.29. The second-order valence-electron chi connectivity index (χ2n) is 12.4. The van der Waals surface area contributed by atoms with Gasteiger partial charge in [-0.05, 0) is 47.0 Å². The van der Waals surface area contributed by atoms with E-state index in [9.17, 15) is 0 Å². The number of benzene rings is 7. The molecule has 7 aromatic carbocycles. The molecule has 0 saturated heterocycles. The Labute approximate surface area is 287 Å². The first-order valence-electron chi connectivity index (χ1n) is 16.7. The highest BCUT2D eigenvalue weighted by molar-refractivity contribution is 6.16. The molecule has 0 radical (unpaired) electrons. The quantitative estimate of drug-likeness (QED) is 0.188. The third-order valence-electron chi connectivity index (χ3n) is 9.47. The van der Waals surface area contributed by atoms with Gasteiger partial charge in [-0.25, -0.2) is 4.98 Å². The molecule has 0 bridgehead atoms. The van der Waals surface area contributed by atoms with Crippen LogP contribution < -0.4 is 0 Å². The second kappa shape index (κ2) is 11.4. The number of furan rings is 1. The molecule has 10 aromatic rings. The van der Waals surface area contributed by atoms with Crippen LogP contribution >= 0.6 is 0 Å². The lowest BCUT2D eigenvalue weighted by molar-refractivity contribution is 0.670. The summed E-state index contributed by atoms with van der Waals surface area (Å²) in [7, 11) is 0. The fraction of sp³-hybridized carbons (Fsp3) is 0. The lowest BCUT2D eigenvalue weighted by Gasteiger charge is -2.11. The van der Waals surface area contributed by atoms with Crippen molar-refractivity contribution in [3.63, 3.8) is 0 Å². The lowest BCUT2D eigenvalue weighted by Crippen LogP contribution is -2.06. The highest BCUT2D eigenvalue weighted by Crippen LogP contribution is 2.43. The molecule has 0 atom stereocenters. The first-order valence-corrected chi connectivity index (χ1v) is 16.7. The van der Waals surface area contributed by atoms with Crippen LogP contribution in [0, 0.1) is 0 Å². The lowest BCUT2D eigenvalue weighted by atomic mass is 9.95. The zero-order chi connectivity index (χ0) is 33.0. The van der Waals surface area contributed by atoms with E-state index in [-0.39, 0.29) is 0 Å². The zero-order valence-electron chi connectivity index (χ0n) is 26.9. The topological polar surface area (TPSA) is 56.7 Å². The molecule has 0 spiro atoms. The number of aromatic nitrogens is 4. The normalized spacial score (nSPS) is 11.6. The number of hydrogen-bond donors (Lipinski definition) is 0. The van der Waals surface area contributed by atoms with Gasteiger partial charge in [0.2, 0.25) is 5.95 Å². The molecule has 0 amide bonds. The van der Waals surface area contributed by atoms with Crippen LogP contribution in [0.3, 0.4) is 0 Å². The molecule has 5 heteroatoms. The van der Waals surface area contributed by atoms with E-state index in [4.69, 9.17) is 19.4 Å². The zero-order valence-corrected chi connectivity index (χ0v) is 26.9.